The number of aryl methyl sites for hydroxylation is 1. The molecule has 0 aliphatic rings. The molecule has 3 rings (SSSR count). The van der Waals surface area contributed by atoms with Crippen LogP contribution < -0.4 is 4.72 Å². The van der Waals surface area contributed by atoms with Crippen molar-refractivity contribution in [1.82, 2.24) is 8.69 Å². The van der Waals surface area contributed by atoms with E-state index in [9.17, 15) is 13.0 Å². The zero-order valence-electron chi connectivity index (χ0n) is 17.1. The average molecular weight is 437 g/mol. The molecule has 1 aromatic heterocycles. The van der Waals surface area contributed by atoms with E-state index < -0.39 is 31.9 Å². The van der Waals surface area contributed by atoms with E-state index in [1.807, 2.05) is 20.8 Å². The molecule has 0 spiro atoms. The first kappa shape index (κ1) is 21.8. The first-order valence-corrected chi connectivity index (χ1v) is 11.8. The van der Waals surface area contributed by atoms with E-state index >= 15 is 4.39 Å². The fourth-order valence-electron chi connectivity index (χ4n) is 3.09. The summed E-state index contributed by atoms with van der Waals surface area (Å²) < 4.78 is 57.2. The second kappa shape index (κ2) is 7.75. The van der Waals surface area contributed by atoms with Gasteiger partial charge in [-0.15, -0.1) is 4.72 Å². The third kappa shape index (κ3) is 4.21. The summed E-state index contributed by atoms with van der Waals surface area (Å²) in [5.41, 5.74) is 1.03. The number of benzene rings is 2. The van der Waals surface area contributed by atoms with Gasteiger partial charge in [0, 0.05) is 22.4 Å². The molecule has 0 bridgehead atoms. The third-order valence-electron chi connectivity index (χ3n) is 4.62. The minimum absolute atomic E-state index is 0.0132. The van der Waals surface area contributed by atoms with Crippen molar-refractivity contribution in [2.45, 2.75) is 50.3 Å². The molecule has 8 heteroatoms. The Morgan fingerprint density at radius 1 is 1.14 bits per heavy atom. The highest BCUT2D eigenvalue weighted by Gasteiger charge is 2.29. The Balaban J connectivity index is 2.08. The van der Waals surface area contributed by atoms with Crippen LogP contribution >= 0.6 is 0 Å². The number of aromatic nitrogens is 1. The monoisotopic (exact) mass is 436 g/mol. The van der Waals surface area contributed by atoms with E-state index in [4.69, 9.17) is 0 Å². The molecule has 1 heterocycles. The molecule has 0 saturated heterocycles. The quantitative estimate of drug-likeness (QED) is 0.600. The van der Waals surface area contributed by atoms with Crippen molar-refractivity contribution in [3.8, 4) is 0 Å². The molecule has 2 aromatic carbocycles. The van der Waals surface area contributed by atoms with Crippen molar-refractivity contribution in [3.63, 3.8) is 0 Å². The molecule has 0 saturated carbocycles. The van der Waals surface area contributed by atoms with Crippen LogP contribution in [0.4, 0.5) is 4.39 Å². The highest BCUT2D eigenvalue weighted by atomic mass is 32.2. The summed E-state index contributed by atoms with van der Waals surface area (Å²) >= 11 is -1.32. The Morgan fingerprint density at radius 3 is 2.34 bits per heavy atom. The van der Waals surface area contributed by atoms with Crippen molar-refractivity contribution in [1.29, 1.82) is 0 Å². The number of halogens is 1. The van der Waals surface area contributed by atoms with E-state index in [2.05, 4.69) is 4.72 Å². The molecule has 0 amide bonds. The maximum absolute atomic E-state index is 15.1. The number of hydrogen-bond acceptors (Lipinski definition) is 4. The molecule has 5 nitrogen and oxygen atoms in total. The highest BCUT2D eigenvalue weighted by molar-refractivity contribution is 7.90. The van der Waals surface area contributed by atoms with Gasteiger partial charge in [0.25, 0.3) is 10.0 Å². The standard InChI is InChI=1S/C21H25FN2O3S2/c1-14-11-17-12-16(15(2)23-28(25)21(3,4)5)13-19(22)20(17)24(14)29(26,27)18-9-7-6-8-10-18/h6-13,15,23H,1-5H3/t15-,28?/m1/s1. The number of nitrogens with one attached hydrogen (secondary N) is 1. The van der Waals surface area contributed by atoms with Gasteiger partial charge in [0.05, 0.1) is 10.9 Å². The SMILES string of the molecule is Cc1cc2cc([C@@H](C)N[S+]([O-])C(C)(C)C)cc(F)c2n1S(=O)(=O)c1ccccc1. The largest absolute Gasteiger partial charge is 0.598 e. The van der Waals surface area contributed by atoms with Gasteiger partial charge < -0.3 is 4.55 Å². The van der Waals surface area contributed by atoms with Crippen molar-refractivity contribution >= 4 is 32.3 Å². The Hall–Kier alpha value is -1.87. The molecule has 0 aliphatic heterocycles. The zero-order chi connectivity index (χ0) is 21.6. The Labute approximate surface area is 174 Å². The van der Waals surface area contributed by atoms with Gasteiger partial charge >= 0.3 is 0 Å². The van der Waals surface area contributed by atoms with Gasteiger partial charge in [0.2, 0.25) is 0 Å². The van der Waals surface area contributed by atoms with E-state index in [0.29, 0.717) is 16.6 Å². The maximum atomic E-state index is 15.1. The molecule has 1 N–H and O–H groups in total. The summed E-state index contributed by atoms with van der Waals surface area (Å²) in [4.78, 5) is 0.0969. The lowest BCUT2D eigenvalue weighted by Gasteiger charge is -2.26. The second-order valence-electron chi connectivity index (χ2n) is 8.03. The van der Waals surface area contributed by atoms with Crippen LogP contribution in [0.2, 0.25) is 0 Å². The number of hydrogen-bond donors (Lipinski definition) is 1. The van der Waals surface area contributed by atoms with Crippen molar-refractivity contribution < 1.29 is 17.4 Å². The molecular formula is C21H25FN2O3S2. The van der Waals surface area contributed by atoms with Crippen LogP contribution in [0.3, 0.4) is 0 Å². The zero-order valence-corrected chi connectivity index (χ0v) is 18.7. The lowest BCUT2D eigenvalue weighted by atomic mass is 10.1. The molecule has 0 radical (unpaired) electrons. The maximum Gasteiger partial charge on any atom is 0.268 e. The van der Waals surface area contributed by atoms with Crippen LogP contribution in [0.25, 0.3) is 10.9 Å². The lowest BCUT2D eigenvalue weighted by molar-refractivity contribution is 0.530. The van der Waals surface area contributed by atoms with E-state index in [-0.39, 0.29) is 16.5 Å². The van der Waals surface area contributed by atoms with Gasteiger partial charge in [-0.3, -0.25) is 0 Å². The van der Waals surface area contributed by atoms with E-state index in [1.165, 1.54) is 18.2 Å². The minimum Gasteiger partial charge on any atom is -0.598 e. The van der Waals surface area contributed by atoms with Crippen LogP contribution in [0, 0.1) is 12.7 Å². The molecule has 0 aliphatic carbocycles. The van der Waals surface area contributed by atoms with Crippen LogP contribution in [0.1, 0.15) is 45.0 Å². The molecule has 2 atom stereocenters. The molecular weight excluding hydrogens is 411 g/mol. The first-order chi connectivity index (χ1) is 13.4. The summed E-state index contributed by atoms with van der Waals surface area (Å²) in [7, 11) is -3.93. The summed E-state index contributed by atoms with van der Waals surface area (Å²) in [5, 5.41) is 0.479. The Kier molecular flexibility index (Phi) is 5.84. The van der Waals surface area contributed by atoms with Crippen molar-refractivity contribution in [2.24, 2.45) is 0 Å². The summed E-state index contributed by atoms with van der Waals surface area (Å²) in [6.45, 7) is 8.99. The summed E-state index contributed by atoms with van der Waals surface area (Å²) in [6.07, 6.45) is 0. The van der Waals surface area contributed by atoms with Crippen LogP contribution in [0.15, 0.2) is 53.4 Å². The fourth-order valence-corrected chi connectivity index (χ4v) is 5.48. The van der Waals surface area contributed by atoms with Crippen LogP contribution in [0.5, 0.6) is 0 Å². The summed E-state index contributed by atoms with van der Waals surface area (Å²) in [5.74, 6) is -0.639. The van der Waals surface area contributed by atoms with Crippen molar-refractivity contribution in [2.75, 3.05) is 0 Å². The van der Waals surface area contributed by atoms with Gasteiger partial charge in [-0.2, -0.15) is 0 Å². The average Bonchev–Trinajstić information content (AvgIpc) is 2.98. The second-order valence-corrected chi connectivity index (χ2v) is 11.8. The Bertz CT molecular complexity index is 1140. The van der Waals surface area contributed by atoms with Gasteiger partial charge in [-0.1, -0.05) is 18.2 Å². The smallest absolute Gasteiger partial charge is 0.268 e. The molecule has 3 aromatic rings. The molecule has 156 valence electrons. The summed E-state index contributed by atoms with van der Waals surface area (Å²) in [6, 6.07) is 12.3. The van der Waals surface area contributed by atoms with Gasteiger partial charge in [0.15, 0.2) is 0 Å². The van der Waals surface area contributed by atoms with Crippen molar-refractivity contribution in [3.05, 3.63) is 65.6 Å². The fraction of sp³-hybridized carbons (Fsp3) is 0.333. The number of rotatable bonds is 5. The third-order valence-corrected chi connectivity index (χ3v) is 8.12. The van der Waals surface area contributed by atoms with E-state index in [0.717, 1.165) is 3.97 Å². The predicted octanol–water partition coefficient (Wildman–Crippen LogP) is 4.44. The number of nitrogens with zero attached hydrogens (tertiary/aromatic N) is 1. The normalized spacial score (nSPS) is 14.9. The molecule has 1 unspecified atom stereocenters. The first-order valence-electron chi connectivity index (χ1n) is 9.23. The minimum atomic E-state index is -3.93. The van der Waals surface area contributed by atoms with E-state index in [1.54, 1.807) is 44.2 Å². The number of fused-ring (bicyclic) bond motifs is 1. The van der Waals surface area contributed by atoms with Crippen LogP contribution in [-0.4, -0.2) is 21.7 Å². The molecule has 29 heavy (non-hydrogen) atoms. The molecule has 0 fully saturated rings. The van der Waals surface area contributed by atoms with Crippen LogP contribution in [-0.2, 0) is 21.4 Å². The predicted molar refractivity (Wildman–Crippen MR) is 115 cm³/mol. The van der Waals surface area contributed by atoms with Gasteiger partial charge in [0.1, 0.15) is 16.1 Å². The lowest BCUT2D eigenvalue weighted by Crippen LogP contribution is -2.40. The highest BCUT2D eigenvalue weighted by Crippen LogP contribution is 2.31. The Morgan fingerprint density at radius 2 is 1.76 bits per heavy atom. The topological polar surface area (TPSA) is 74.2 Å². The van der Waals surface area contributed by atoms with Gasteiger partial charge in [-0.25, -0.2) is 16.8 Å². The van der Waals surface area contributed by atoms with Gasteiger partial charge in [-0.05, 0) is 70.5 Å².